The van der Waals surface area contributed by atoms with Gasteiger partial charge in [-0.05, 0) is 36.8 Å². The van der Waals surface area contributed by atoms with Gasteiger partial charge in [0.1, 0.15) is 29.8 Å². The first-order valence-electron chi connectivity index (χ1n) is 10.1. The van der Waals surface area contributed by atoms with Crippen LogP contribution in [-0.2, 0) is 0 Å². The predicted octanol–water partition coefficient (Wildman–Crippen LogP) is 1.93. The maximum atomic E-state index is 10.7. The number of nitrogens with zero attached hydrogens (tertiary/aromatic N) is 4. The second-order valence-electron chi connectivity index (χ2n) is 8.26. The molecule has 2 aromatic rings. The van der Waals surface area contributed by atoms with Crippen molar-refractivity contribution in [1.82, 2.24) is 9.97 Å². The van der Waals surface area contributed by atoms with Gasteiger partial charge in [-0.3, -0.25) is 0 Å². The maximum Gasteiger partial charge on any atom is 0.231 e. The summed E-state index contributed by atoms with van der Waals surface area (Å²) in [7, 11) is 3.95. The molecule has 1 aromatic carbocycles. The van der Waals surface area contributed by atoms with Crippen molar-refractivity contribution in [3.63, 3.8) is 0 Å². The first-order chi connectivity index (χ1) is 14.1. The molecule has 1 saturated heterocycles. The van der Waals surface area contributed by atoms with Crippen molar-refractivity contribution >= 4 is 11.6 Å². The topological polar surface area (TPSA) is 80.2 Å². The van der Waals surface area contributed by atoms with Gasteiger partial charge < -0.3 is 29.1 Å². The molecule has 1 saturated carbocycles. The summed E-state index contributed by atoms with van der Waals surface area (Å²) in [6, 6.07) is 7.58. The van der Waals surface area contributed by atoms with E-state index in [1.165, 1.54) is 0 Å². The molecule has 1 N–H and O–H groups in total. The molecule has 8 nitrogen and oxygen atoms in total. The smallest absolute Gasteiger partial charge is 0.231 e. The molecule has 0 radical (unpaired) electrons. The van der Waals surface area contributed by atoms with Crippen molar-refractivity contribution in [2.45, 2.75) is 25.0 Å². The van der Waals surface area contributed by atoms with E-state index in [0.717, 1.165) is 43.3 Å². The van der Waals surface area contributed by atoms with Crippen LogP contribution in [0.5, 0.6) is 17.2 Å². The monoisotopic (exact) mass is 398 g/mol. The molecule has 0 unspecified atom stereocenters. The molecule has 5 rings (SSSR count). The molecule has 1 aromatic heterocycles. The molecule has 2 aliphatic heterocycles. The Morgan fingerprint density at radius 2 is 1.86 bits per heavy atom. The summed E-state index contributed by atoms with van der Waals surface area (Å²) in [4.78, 5) is 13.1. The van der Waals surface area contributed by atoms with Crippen LogP contribution < -0.4 is 24.0 Å². The highest BCUT2D eigenvalue weighted by atomic mass is 16.7. The average molecular weight is 398 g/mol. The van der Waals surface area contributed by atoms with Gasteiger partial charge in [0.25, 0.3) is 0 Å². The lowest BCUT2D eigenvalue weighted by molar-refractivity contribution is -0.0232. The van der Waals surface area contributed by atoms with Gasteiger partial charge in [0.05, 0.1) is 6.10 Å². The van der Waals surface area contributed by atoms with E-state index in [9.17, 15) is 5.11 Å². The highest BCUT2D eigenvalue weighted by molar-refractivity contribution is 5.50. The summed E-state index contributed by atoms with van der Waals surface area (Å²) < 4.78 is 16.9. The third kappa shape index (κ3) is 3.53. The van der Waals surface area contributed by atoms with Gasteiger partial charge in [-0.1, -0.05) is 0 Å². The van der Waals surface area contributed by atoms with Crippen LogP contribution in [0.2, 0.25) is 0 Å². The number of aromatic nitrogens is 2. The predicted molar refractivity (Wildman–Crippen MR) is 108 cm³/mol. The third-order valence-electron chi connectivity index (χ3n) is 6.14. The van der Waals surface area contributed by atoms with E-state index in [0.29, 0.717) is 23.3 Å². The standard InChI is InChI=1S/C21H26N4O4/c1-24(2)20-8-21(23-11-22-20)25-9-13-5-16(26)18(6-14(13)10-25)29-15-3-4-17-19(7-15)28-12-27-17/h3-4,7-8,11,13-14,16,18,26H,5-6,9-10,12H2,1-2H3/t13-,14+,16+,18+/m0/s1. The fourth-order valence-corrected chi connectivity index (χ4v) is 4.58. The van der Waals surface area contributed by atoms with Gasteiger partial charge in [0, 0.05) is 39.3 Å². The van der Waals surface area contributed by atoms with Gasteiger partial charge in [-0.25, -0.2) is 9.97 Å². The van der Waals surface area contributed by atoms with Crippen LogP contribution in [0.1, 0.15) is 12.8 Å². The van der Waals surface area contributed by atoms with Crippen molar-refractivity contribution < 1.29 is 19.3 Å². The Morgan fingerprint density at radius 3 is 2.69 bits per heavy atom. The maximum absolute atomic E-state index is 10.7. The number of hydrogen-bond acceptors (Lipinski definition) is 8. The quantitative estimate of drug-likeness (QED) is 0.837. The van der Waals surface area contributed by atoms with Crippen molar-refractivity contribution in [3.8, 4) is 17.2 Å². The van der Waals surface area contributed by atoms with E-state index >= 15 is 0 Å². The number of ether oxygens (including phenoxy) is 3. The number of rotatable bonds is 4. The number of aliphatic hydroxyl groups is 1. The Morgan fingerprint density at radius 1 is 1.07 bits per heavy atom. The fraction of sp³-hybridized carbons (Fsp3) is 0.524. The third-order valence-corrected chi connectivity index (χ3v) is 6.14. The second kappa shape index (κ2) is 7.26. The first kappa shape index (κ1) is 18.3. The molecule has 1 aliphatic carbocycles. The van der Waals surface area contributed by atoms with Crippen molar-refractivity contribution in [2.75, 3.05) is 43.8 Å². The van der Waals surface area contributed by atoms with Crippen LogP contribution in [-0.4, -0.2) is 61.3 Å². The molecule has 154 valence electrons. The molecule has 29 heavy (non-hydrogen) atoms. The highest BCUT2D eigenvalue weighted by Gasteiger charge is 2.43. The number of hydrogen-bond donors (Lipinski definition) is 1. The van der Waals surface area contributed by atoms with Crippen LogP contribution in [0.4, 0.5) is 11.6 Å². The van der Waals surface area contributed by atoms with E-state index in [-0.39, 0.29) is 12.9 Å². The highest BCUT2D eigenvalue weighted by Crippen LogP contribution is 2.41. The van der Waals surface area contributed by atoms with Gasteiger partial charge in [0.15, 0.2) is 11.5 Å². The van der Waals surface area contributed by atoms with Crippen LogP contribution in [0.25, 0.3) is 0 Å². The summed E-state index contributed by atoms with van der Waals surface area (Å²) in [6.07, 6.45) is 2.47. The van der Waals surface area contributed by atoms with Crippen LogP contribution in [0.15, 0.2) is 30.6 Å². The molecule has 3 heterocycles. The summed E-state index contributed by atoms with van der Waals surface area (Å²) in [5.74, 6) is 4.88. The number of anilines is 2. The lowest BCUT2D eigenvalue weighted by Crippen LogP contribution is -2.42. The Kier molecular flexibility index (Phi) is 4.58. The van der Waals surface area contributed by atoms with Crippen LogP contribution in [0.3, 0.4) is 0 Å². The largest absolute Gasteiger partial charge is 0.488 e. The number of aliphatic hydroxyl groups excluding tert-OH is 1. The molecule has 3 aliphatic rings. The Bertz CT molecular complexity index is 893. The SMILES string of the molecule is CN(C)c1cc(N2C[C@H]3C[C@@H](Oc4ccc5c(c4)OCO5)[C@H](O)C[C@H]3C2)ncn1. The van der Waals surface area contributed by atoms with Gasteiger partial charge >= 0.3 is 0 Å². The Labute approximate surface area is 170 Å². The Hall–Kier alpha value is -2.74. The number of benzene rings is 1. The zero-order chi connectivity index (χ0) is 20.0. The molecule has 2 fully saturated rings. The summed E-state index contributed by atoms with van der Waals surface area (Å²) in [5.41, 5.74) is 0. The minimum atomic E-state index is -0.482. The minimum Gasteiger partial charge on any atom is -0.488 e. The zero-order valence-corrected chi connectivity index (χ0v) is 16.7. The molecule has 4 atom stereocenters. The Balaban J connectivity index is 1.27. The summed E-state index contributed by atoms with van der Waals surface area (Å²) in [5, 5.41) is 10.7. The molecule has 0 spiro atoms. The van der Waals surface area contributed by atoms with Gasteiger partial charge in [-0.2, -0.15) is 0 Å². The molecule has 0 amide bonds. The van der Waals surface area contributed by atoms with E-state index in [1.54, 1.807) is 6.33 Å². The molecular weight excluding hydrogens is 372 g/mol. The first-order valence-corrected chi connectivity index (χ1v) is 10.1. The average Bonchev–Trinajstić information content (AvgIpc) is 3.34. The zero-order valence-electron chi connectivity index (χ0n) is 16.7. The summed E-state index contributed by atoms with van der Waals surface area (Å²) in [6.45, 7) is 2.06. The molecule has 8 heteroatoms. The normalized spacial score (nSPS) is 27.6. The summed E-state index contributed by atoms with van der Waals surface area (Å²) >= 11 is 0. The van der Waals surface area contributed by atoms with E-state index in [1.807, 2.05) is 43.3 Å². The van der Waals surface area contributed by atoms with Crippen LogP contribution in [0, 0.1) is 11.8 Å². The van der Waals surface area contributed by atoms with Crippen molar-refractivity contribution in [2.24, 2.45) is 11.8 Å². The van der Waals surface area contributed by atoms with Gasteiger partial charge in [-0.15, -0.1) is 0 Å². The van der Waals surface area contributed by atoms with Crippen molar-refractivity contribution in [3.05, 3.63) is 30.6 Å². The molecule has 0 bridgehead atoms. The fourth-order valence-electron chi connectivity index (χ4n) is 4.58. The van der Waals surface area contributed by atoms with Gasteiger partial charge in [0.2, 0.25) is 6.79 Å². The second-order valence-corrected chi connectivity index (χ2v) is 8.26. The van der Waals surface area contributed by atoms with Crippen molar-refractivity contribution in [1.29, 1.82) is 0 Å². The minimum absolute atomic E-state index is 0.223. The van der Waals surface area contributed by atoms with Crippen LogP contribution >= 0.6 is 0 Å². The molecular formula is C21H26N4O4. The van der Waals surface area contributed by atoms with E-state index in [4.69, 9.17) is 14.2 Å². The lowest BCUT2D eigenvalue weighted by atomic mass is 9.78. The van der Waals surface area contributed by atoms with E-state index in [2.05, 4.69) is 14.9 Å². The van der Waals surface area contributed by atoms with E-state index < -0.39 is 6.10 Å². The number of fused-ring (bicyclic) bond motifs is 2. The lowest BCUT2D eigenvalue weighted by Gasteiger charge is -2.35.